The molecule has 1 amide bonds. The minimum Gasteiger partial charge on any atom is -0.347 e. The number of thiazole rings is 1. The molecule has 4 aromatic rings. The Balaban J connectivity index is 1.57. The van der Waals surface area contributed by atoms with Crippen LogP contribution in [0, 0.1) is 6.92 Å². The Morgan fingerprint density at radius 2 is 2.23 bits per heavy atom. The van der Waals surface area contributed by atoms with E-state index >= 15 is 0 Å². The predicted octanol–water partition coefficient (Wildman–Crippen LogP) is 3.85. The second-order valence-electron chi connectivity index (χ2n) is 5.08. The van der Waals surface area contributed by atoms with Gasteiger partial charge < -0.3 is 5.32 Å². The molecule has 1 N–H and O–H groups in total. The van der Waals surface area contributed by atoms with Crippen molar-refractivity contribution in [1.29, 1.82) is 0 Å². The average Bonchev–Trinajstić information content (AvgIpc) is 3.17. The van der Waals surface area contributed by atoms with E-state index in [1.165, 1.54) is 16.9 Å². The largest absolute Gasteiger partial charge is 0.347 e. The van der Waals surface area contributed by atoms with Gasteiger partial charge in [-0.25, -0.2) is 4.98 Å². The Labute approximate surface area is 135 Å². The molecule has 3 aromatic heterocycles. The van der Waals surface area contributed by atoms with Crippen molar-refractivity contribution in [3.8, 4) is 0 Å². The van der Waals surface area contributed by atoms with Crippen LogP contribution in [0.2, 0.25) is 0 Å². The molecule has 1 aromatic carbocycles. The van der Waals surface area contributed by atoms with Crippen LogP contribution in [0.25, 0.3) is 15.3 Å². The van der Waals surface area contributed by atoms with Gasteiger partial charge in [-0.15, -0.1) is 22.7 Å². The summed E-state index contributed by atoms with van der Waals surface area (Å²) in [5.41, 5.74) is 3.33. The van der Waals surface area contributed by atoms with Gasteiger partial charge in [0, 0.05) is 18.1 Å². The molecule has 6 heteroatoms. The highest BCUT2D eigenvalue weighted by Crippen LogP contribution is 2.28. The molecular weight excluding hydrogens is 314 g/mol. The number of aromatic nitrogens is 2. The number of rotatable bonds is 3. The molecule has 3 heterocycles. The van der Waals surface area contributed by atoms with E-state index in [1.54, 1.807) is 11.3 Å². The van der Waals surface area contributed by atoms with Crippen LogP contribution < -0.4 is 5.32 Å². The van der Waals surface area contributed by atoms with E-state index in [1.807, 2.05) is 40.2 Å². The number of aryl methyl sites for hydroxylation is 1. The van der Waals surface area contributed by atoms with E-state index in [4.69, 9.17) is 0 Å². The molecule has 0 saturated heterocycles. The second kappa shape index (κ2) is 5.23. The molecule has 0 bridgehead atoms. The first kappa shape index (κ1) is 13.5. The highest BCUT2D eigenvalue weighted by molar-refractivity contribution is 7.21. The Morgan fingerprint density at radius 3 is 3.09 bits per heavy atom. The molecule has 0 aliphatic heterocycles. The molecule has 0 aliphatic carbocycles. The SMILES string of the molecule is Cc1ccccc1CNC(=O)c1cc2c(nc3sccn32)s1. The van der Waals surface area contributed by atoms with Gasteiger partial charge in [0.2, 0.25) is 0 Å². The summed E-state index contributed by atoms with van der Waals surface area (Å²) in [5, 5.41) is 4.98. The number of hydrogen-bond donors (Lipinski definition) is 1. The molecular formula is C16H13N3OS2. The Morgan fingerprint density at radius 1 is 1.36 bits per heavy atom. The first-order valence-corrected chi connectivity index (χ1v) is 8.60. The maximum absolute atomic E-state index is 12.3. The molecule has 0 atom stereocenters. The Kier molecular flexibility index (Phi) is 3.20. The molecule has 0 saturated carbocycles. The third-order valence-corrected chi connectivity index (χ3v) is 5.44. The van der Waals surface area contributed by atoms with Crippen molar-refractivity contribution in [3.05, 3.63) is 57.9 Å². The van der Waals surface area contributed by atoms with Crippen molar-refractivity contribution in [2.24, 2.45) is 0 Å². The lowest BCUT2D eigenvalue weighted by Gasteiger charge is -2.06. The van der Waals surface area contributed by atoms with Gasteiger partial charge in [0.15, 0.2) is 4.96 Å². The third-order valence-electron chi connectivity index (χ3n) is 3.66. The molecule has 0 spiro atoms. The maximum Gasteiger partial charge on any atom is 0.261 e. The van der Waals surface area contributed by atoms with Gasteiger partial charge in [-0.3, -0.25) is 9.20 Å². The molecule has 0 fully saturated rings. The van der Waals surface area contributed by atoms with Crippen molar-refractivity contribution < 1.29 is 4.79 Å². The number of benzene rings is 1. The van der Waals surface area contributed by atoms with Gasteiger partial charge in [0.05, 0.1) is 10.4 Å². The summed E-state index contributed by atoms with van der Waals surface area (Å²) in [6.07, 6.45) is 1.98. The van der Waals surface area contributed by atoms with E-state index in [0.717, 1.165) is 20.9 Å². The normalized spacial score (nSPS) is 11.3. The van der Waals surface area contributed by atoms with Gasteiger partial charge >= 0.3 is 0 Å². The highest BCUT2D eigenvalue weighted by atomic mass is 32.1. The third kappa shape index (κ3) is 2.20. The highest BCUT2D eigenvalue weighted by Gasteiger charge is 2.14. The topological polar surface area (TPSA) is 46.4 Å². The van der Waals surface area contributed by atoms with Crippen molar-refractivity contribution in [2.45, 2.75) is 13.5 Å². The lowest BCUT2D eigenvalue weighted by atomic mass is 10.1. The summed E-state index contributed by atoms with van der Waals surface area (Å²) in [6.45, 7) is 2.59. The van der Waals surface area contributed by atoms with Crippen LogP contribution in [0.3, 0.4) is 0 Å². The van der Waals surface area contributed by atoms with Crippen LogP contribution in [0.5, 0.6) is 0 Å². The van der Waals surface area contributed by atoms with Crippen LogP contribution in [0.1, 0.15) is 20.8 Å². The first-order valence-electron chi connectivity index (χ1n) is 6.90. The Bertz CT molecular complexity index is 980. The van der Waals surface area contributed by atoms with Crippen LogP contribution >= 0.6 is 22.7 Å². The summed E-state index contributed by atoms with van der Waals surface area (Å²) >= 11 is 3.04. The van der Waals surface area contributed by atoms with Crippen LogP contribution in [-0.2, 0) is 6.54 Å². The number of amides is 1. The maximum atomic E-state index is 12.3. The number of thiophene rings is 1. The number of imidazole rings is 1. The standard InChI is InChI=1S/C16H13N3OS2/c1-10-4-2-3-5-11(10)9-17-14(20)13-8-12-15(22-13)18-16-19(12)6-7-21-16/h2-8H,9H2,1H3,(H,17,20). The van der Waals surface area contributed by atoms with E-state index < -0.39 is 0 Å². The zero-order valence-electron chi connectivity index (χ0n) is 11.9. The number of nitrogens with zero attached hydrogens (tertiary/aromatic N) is 2. The molecule has 0 radical (unpaired) electrons. The van der Waals surface area contributed by atoms with Gasteiger partial charge in [0.1, 0.15) is 4.83 Å². The predicted molar refractivity (Wildman–Crippen MR) is 90.8 cm³/mol. The van der Waals surface area contributed by atoms with Crippen molar-refractivity contribution in [2.75, 3.05) is 0 Å². The van der Waals surface area contributed by atoms with Crippen LogP contribution in [0.15, 0.2) is 41.9 Å². The lowest BCUT2D eigenvalue weighted by molar-refractivity contribution is 0.0955. The summed E-state index contributed by atoms with van der Waals surface area (Å²) in [7, 11) is 0. The van der Waals surface area contributed by atoms with Crippen molar-refractivity contribution in [1.82, 2.24) is 14.7 Å². The van der Waals surface area contributed by atoms with Crippen LogP contribution in [0.4, 0.5) is 0 Å². The number of hydrogen-bond acceptors (Lipinski definition) is 4. The fourth-order valence-electron chi connectivity index (χ4n) is 2.43. The summed E-state index contributed by atoms with van der Waals surface area (Å²) in [4.78, 5) is 19.4. The quantitative estimate of drug-likeness (QED) is 0.621. The number of nitrogens with one attached hydrogen (secondary N) is 1. The summed E-state index contributed by atoms with van der Waals surface area (Å²) < 4.78 is 2.02. The fraction of sp³-hybridized carbons (Fsp3) is 0.125. The summed E-state index contributed by atoms with van der Waals surface area (Å²) in [5.74, 6) is -0.0461. The van der Waals surface area contributed by atoms with Crippen molar-refractivity contribution in [3.63, 3.8) is 0 Å². The van der Waals surface area contributed by atoms with Gasteiger partial charge in [-0.05, 0) is 24.1 Å². The van der Waals surface area contributed by atoms with Gasteiger partial charge in [-0.1, -0.05) is 24.3 Å². The molecule has 22 heavy (non-hydrogen) atoms. The average molecular weight is 327 g/mol. The molecule has 110 valence electrons. The number of fused-ring (bicyclic) bond motifs is 3. The minimum absolute atomic E-state index is 0.0461. The minimum atomic E-state index is -0.0461. The zero-order valence-corrected chi connectivity index (χ0v) is 13.5. The van der Waals surface area contributed by atoms with Gasteiger partial charge in [0.25, 0.3) is 5.91 Å². The monoisotopic (exact) mass is 327 g/mol. The van der Waals surface area contributed by atoms with Gasteiger partial charge in [-0.2, -0.15) is 0 Å². The summed E-state index contributed by atoms with van der Waals surface area (Å²) in [6, 6.07) is 9.99. The second-order valence-corrected chi connectivity index (χ2v) is 6.98. The number of carbonyl (C=O) groups excluding carboxylic acids is 1. The zero-order chi connectivity index (χ0) is 15.1. The molecule has 4 nitrogen and oxygen atoms in total. The van der Waals surface area contributed by atoms with E-state index in [-0.39, 0.29) is 5.91 Å². The molecule has 4 rings (SSSR count). The van der Waals surface area contributed by atoms with Crippen molar-refractivity contribution >= 4 is 43.9 Å². The molecule has 0 unspecified atom stereocenters. The van der Waals surface area contributed by atoms with E-state index in [0.29, 0.717) is 11.4 Å². The number of carbonyl (C=O) groups is 1. The smallest absolute Gasteiger partial charge is 0.261 e. The fourth-order valence-corrected chi connectivity index (χ4v) is 4.15. The first-order chi connectivity index (χ1) is 10.7. The van der Waals surface area contributed by atoms with Crippen LogP contribution in [-0.4, -0.2) is 15.3 Å². The van der Waals surface area contributed by atoms with E-state index in [9.17, 15) is 4.79 Å². The van der Waals surface area contributed by atoms with E-state index in [2.05, 4.69) is 23.3 Å². The molecule has 0 aliphatic rings. The Hall–Kier alpha value is -2.18. The lowest BCUT2D eigenvalue weighted by Crippen LogP contribution is -2.22.